The average molecular weight is 528 g/mol. The van der Waals surface area contributed by atoms with Crippen LogP contribution in [-0.2, 0) is 9.59 Å². The second kappa shape index (κ2) is 10.2. The number of aliphatic carboxylic acids is 1. The number of amides is 1. The topological polar surface area (TPSA) is 116 Å². The first kappa shape index (κ1) is 24.5. The summed E-state index contributed by atoms with van der Waals surface area (Å²) in [5.74, 6) is -2.77. The van der Waals surface area contributed by atoms with Gasteiger partial charge in [0.05, 0.1) is 11.7 Å². The van der Waals surface area contributed by atoms with Gasteiger partial charge in [0.1, 0.15) is 6.04 Å². The van der Waals surface area contributed by atoms with Crippen LogP contribution in [0, 0.1) is 0 Å². The van der Waals surface area contributed by atoms with Gasteiger partial charge in [-0.15, -0.1) is 0 Å². The zero-order valence-electron chi connectivity index (χ0n) is 17.2. The van der Waals surface area contributed by atoms with E-state index in [0.29, 0.717) is 13.1 Å². The molecule has 1 aliphatic heterocycles. The standard InChI is InChI=1S/C19H20BrN5O.C2HF3O2/c20-15-3-1-13(2-4-15)18(21)19(26)25-9-7-24(8-10-25)16-5-6-17-14(11-16)12-22-23-17;3-2(4,5)1(6)7/h1-6,11-12,18H,7-10,21H2,(H,22,23);(H,6,7). The number of aromatic nitrogens is 2. The fourth-order valence-corrected chi connectivity index (χ4v) is 3.59. The molecule has 1 aliphatic rings. The van der Waals surface area contributed by atoms with Crippen molar-refractivity contribution in [3.05, 3.63) is 58.7 Å². The lowest BCUT2D eigenvalue weighted by Gasteiger charge is -2.37. The number of nitrogens with one attached hydrogen (secondary N) is 1. The van der Waals surface area contributed by atoms with Crippen LogP contribution < -0.4 is 10.6 Å². The van der Waals surface area contributed by atoms with Crippen LogP contribution in [0.3, 0.4) is 0 Å². The lowest BCUT2D eigenvalue weighted by atomic mass is 10.1. The maximum atomic E-state index is 12.7. The smallest absolute Gasteiger partial charge is 0.475 e. The second-order valence-corrected chi connectivity index (χ2v) is 8.20. The monoisotopic (exact) mass is 527 g/mol. The van der Waals surface area contributed by atoms with Gasteiger partial charge in [0.25, 0.3) is 0 Å². The summed E-state index contributed by atoms with van der Waals surface area (Å²) in [6, 6.07) is 13.2. The van der Waals surface area contributed by atoms with E-state index in [-0.39, 0.29) is 5.91 Å². The summed E-state index contributed by atoms with van der Waals surface area (Å²) in [5, 5.41) is 15.2. The molecule has 1 unspecified atom stereocenters. The molecular formula is C21H21BrF3N5O3. The predicted molar refractivity (Wildman–Crippen MR) is 120 cm³/mol. The van der Waals surface area contributed by atoms with E-state index in [4.69, 9.17) is 15.6 Å². The molecule has 1 saturated heterocycles. The predicted octanol–water partition coefficient (Wildman–Crippen LogP) is 3.31. The highest BCUT2D eigenvalue weighted by Gasteiger charge is 2.38. The van der Waals surface area contributed by atoms with Crippen LogP contribution in [0.5, 0.6) is 0 Å². The highest BCUT2D eigenvalue weighted by atomic mass is 79.9. The van der Waals surface area contributed by atoms with E-state index >= 15 is 0 Å². The number of carbonyl (C=O) groups excluding carboxylic acids is 1. The number of benzene rings is 2. The quantitative estimate of drug-likeness (QED) is 0.481. The molecule has 0 saturated carbocycles. The summed E-state index contributed by atoms with van der Waals surface area (Å²) in [5.41, 5.74) is 9.21. The summed E-state index contributed by atoms with van der Waals surface area (Å²) in [6.07, 6.45) is -3.25. The number of nitrogens with zero attached hydrogens (tertiary/aromatic N) is 3. The number of hydrogen-bond acceptors (Lipinski definition) is 5. The van der Waals surface area contributed by atoms with Gasteiger partial charge in [-0.3, -0.25) is 9.89 Å². The number of piperazine rings is 1. The minimum Gasteiger partial charge on any atom is -0.475 e. The molecule has 3 aromatic rings. The van der Waals surface area contributed by atoms with E-state index in [9.17, 15) is 18.0 Å². The van der Waals surface area contributed by atoms with E-state index in [1.54, 1.807) is 0 Å². The molecule has 2 aromatic carbocycles. The minimum atomic E-state index is -5.08. The van der Waals surface area contributed by atoms with Gasteiger partial charge in [-0.05, 0) is 35.9 Å². The summed E-state index contributed by atoms with van der Waals surface area (Å²) in [7, 11) is 0. The van der Waals surface area contributed by atoms with Crippen molar-refractivity contribution < 1.29 is 27.9 Å². The van der Waals surface area contributed by atoms with Crippen molar-refractivity contribution in [3.8, 4) is 0 Å². The summed E-state index contributed by atoms with van der Waals surface area (Å²) < 4.78 is 32.7. The minimum absolute atomic E-state index is 0.0164. The van der Waals surface area contributed by atoms with Gasteiger partial charge < -0.3 is 20.6 Å². The highest BCUT2D eigenvalue weighted by Crippen LogP contribution is 2.23. The van der Waals surface area contributed by atoms with Gasteiger partial charge in [-0.2, -0.15) is 18.3 Å². The van der Waals surface area contributed by atoms with Gasteiger partial charge in [-0.25, -0.2) is 4.79 Å². The maximum Gasteiger partial charge on any atom is 0.490 e. The molecule has 1 amide bonds. The lowest BCUT2D eigenvalue weighted by Crippen LogP contribution is -2.51. The Morgan fingerprint density at radius 1 is 1.09 bits per heavy atom. The van der Waals surface area contributed by atoms with E-state index in [0.717, 1.165) is 39.7 Å². The highest BCUT2D eigenvalue weighted by molar-refractivity contribution is 9.10. The molecule has 4 rings (SSSR count). The van der Waals surface area contributed by atoms with E-state index in [1.165, 1.54) is 0 Å². The van der Waals surface area contributed by atoms with Crippen LogP contribution in [0.4, 0.5) is 18.9 Å². The van der Waals surface area contributed by atoms with E-state index in [1.807, 2.05) is 41.4 Å². The summed E-state index contributed by atoms with van der Waals surface area (Å²) >= 11 is 3.40. The first-order chi connectivity index (χ1) is 15.6. The molecule has 33 heavy (non-hydrogen) atoms. The van der Waals surface area contributed by atoms with Crippen molar-refractivity contribution in [1.82, 2.24) is 15.1 Å². The number of nitrogens with two attached hydrogens (primary N) is 1. The van der Waals surface area contributed by atoms with Gasteiger partial charge in [0, 0.05) is 41.7 Å². The summed E-state index contributed by atoms with van der Waals surface area (Å²) in [6.45, 7) is 2.93. The number of anilines is 1. The van der Waals surface area contributed by atoms with Crippen LogP contribution in [0.2, 0.25) is 0 Å². The van der Waals surface area contributed by atoms with Crippen molar-refractivity contribution in [1.29, 1.82) is 0 Å². The molecule has 0 bridgehead atoms. The first-order valence-electron chi connectivity index (χ1n) is 9.84. The molecule has 2 heterocycles. The normalized spacial score (nSPS) is 15.1. The van der Waals surface area contributed by atoms with Crippen LogP contribution in [0.1, 0.15) is 11.6 Å². The number of carboxylic acids is 1. The largest absolute Gasteiger partial charge is 0.490 e. The van der Waals surface area contributed by atoms with E-state index < -0.39 is 18.2 Å². The van der Waals surface area contributed by atoms with Crippen molar-refractivity contribution in [3.63, 3.8) is 0 Å². The third kappa shape index (κ3) is 6.23. The number of fused-ring (bicyclic) bond motifs is 1. The Bertz CT molecular complexity index is 1110. The number of hydrogen-bond donors (Lipinski definition) is 3. The fourth-order valence-electron chi connectivity index (χ4n) is 3.32. The number of carbonyl (C=O) groups is 2. The van der Waals surface area contributed by atoms with Crippen molar-refractivity contribution >= 4 is 44.4 Å². The SMILES string of the molecule is NC(C(=O)N1CCN(c2ccc3[nH]ncc3c2)CC1)c1ccc(Br)cc1.O=C(O)C(F)(F)F. The number of rotatable bonds is 3. The Labute approximate surface area is 195 Å². The maximum absolute atomic E-state index is 12.7. The van der Waals surface area contributed by atoms with Crippen molar-refractivity contribution in [2.45, 2.75) is 12.2 Å². The number of aromatic amines is 1. The fraction of sp³-hybridized carbons (Fsp3) is 0.286. The zero-order chi connectivity index (χ0) is 24.2. The second-order valence-electron chi connectivity index (χ2n) is 7.29. The number of halogens is 4. The zero-order valence-corrected chi connectivity index (χ0v) is 18.8. The Morgan fingerprint density at radius 3 is 2.27 bits per heavy atom. The molecule has 1 fully saturated rings. The van der Waals surface area contributed by atoms with Gasteiger partial charge >= 0.3 is 12.1 Å². The first-order valence-corrected chi connectivity index (χ1v) is 10.6. The Kier molecular flexibility index (Phi) is 7.59. The molecule has 0 aliphatic carbocycles. The third-order valence-electron chi connectivity index (χ3n) is 5.12. The average Bonchev–Trinajstić information content (AvgIpc) is 3.26. The Balaban J connectivity index is 0.000000383. The Hall–Kier alpha value is -3.12. The van der Waals surface area contributed by atoms with Crippen molar-refractivity contribution in [2.24, 2.45) is 5.73 Å². The van der Waals surface area contributed by atoms with Crippen LogP contribution in [-0.4, -0.2) is 64.4 Å². The molecule has 1 atom stereocenters. The summed E-state index contributed by atoms with van der Waals surface area (Å²) in [4.78, 5) is 25.8. The molecule has 12 heteroatoms. The third-order valence-corrected chi connectivity index (χ3v) is 5.65. The van der Waals surface area contributed by atoms with Gasteiger partial charge in [0.2, 0.25) is 5.91 Å². The lowest BCUT2D eigenvalue weighted by molar-refractivity contribution is -0.192. The molecule has 0 radical (unpaired) electrons. The molecule has 4 N–H and O–H groups in total. The number of alkyl halides is 3. The van der Waals surface area contributed by atoms with Crippen LogP contribution >= 0.6 is 15.9 Å². The molecule has 176 valence electrons. The van der Waals surface area contributed by atoms with Gasteiger partial charge in [-0.1, -0.05) is 28.1 Å². The molecule has 8 nitrogen and oxygen atoms in total. The van der Waals surface area contributed by atoms with Crippen LogP contribution in [0.15, 0.2) is 53.1 Å². The van der Waals surface area contributed by atoms with Gasteiger partial charge in [0.15, 0.2) is 0 Å². The number of carboxylic acid groups (broad SMARTS) is 1. The van der Waals surface area contributed by atoms with Crippen LogP contribution in [0.25, 0.3) is 10.9 Å². The molecular weight excluding hydrogens is 507 g/mol. The Morgan fingerprint density at radius 2 is 1.70 bits per heavy atom. The number of H-pyrrole nitrogens is 1. The molecule has 0 spiro atoms. The molecule has 1 aromatic heterocycles. The van der Waals surface area contributed by atoms with Crippen molar-refractivity contribution in [2.75, 3.05) is 31.1 Å². The van der Waals surface area contributed by atoms with E-state index in [2.05, 4.69) is 43.2 Å².